The summed E-state index contributed by atoms with van der Waals surface area (Å²) in [5.74, 6) is -3.24. The van der Waals surface area contributed by atoms with Crippen LogP contribution in [0.2, 0.25) is 0 Å². The van der Waals surface area contributed by atoms with Gasteiger partial charge in [0.25, 0.3) is 0 Å². The molecular formula is C32H39F3N4O5. The Kier molecular flexibility index (Phi) is 10.2. The van der Waals surface area contributed by atoms with Gasteiger partial charge in [-0.05, 0) is 68.1 Å². The number of fused-ring (bicyclic) bond motifs is 1. The molecule has 2 fully saturated rings. The number of piperidine rings is 1. The van der Waals surface area contributed by atoms with Crippen LogP contribution in [-0.2, 0) is 16.1 Å². The Bertz CT molecular complexity index is 1440. The third kappa shape index (κ3) is 7.26. The first kappa shape index (κ1) is 32.0. The number of pyridine rings is 1. The van der Waals surface area contributed by atoms with Gasteiger partial charge in [-0.25, -0.2) is 13.2 Å². The maximum Gasteiger partial charge on any atom is 0.309 e. The van der Waals surface area contributed by atoms with E-state index in [4.69, 9.17) is 9.47 Å². The molecule has 1 aromatic heterocycles. The number of nitrogens with one attached hydrogen (secondary N) is 1. The van der Waals surface area contributed by atoms with Crippen molar-refractivity contribution in [1.82, 2.24) is 14.8 Å². The molecule has 9 nitrogen and oxygen atoms in total. The van der Waals surface area contributed by atoms with E-state index in [2.05, 4.69) is 15.2 Å². The number of carboxylic acid groups (broad SMARTS) is 1. The van der Waals surface area contributed by atoms with Crippen LogP contribution in [0.5, 0.6) is 5.75 Å². The standard InChI is InChI=1S/C32H39F3N4O5/c1-43-23-2-3-27-24(18-23)29(21(19-37-27)20-39-12-14-44-15-13-39)28(40)4-5-32(31(41)42)6-9-38(10-7-32)11-8-36-30-25(34)16-22(33)17-26(30)35/h2-3,16-19,28,36,40H,4-15,20H2,1H3,(H,41,42)/t28-/m0/s1. The van der Waals surface area contributed by atoms with Gasteiger partial charge in [0.05, 0.1) is 37.4 Å². The normalized spacial score (nSPS) is 18.3. The fraction of sp³-hybridized carbons (Fsp3) is 0.500. The first-order valence-electron chi connectivity index (χ1n) is 15.0. The predicted octanol–water partition coefficient (Wildman–Crippen LogP) is 4.59. The molecule has 0 unspecified atom stereocenters. The SMILES string of the molecule is COc1ccc2ncc(CN3CCOCC3)c([C@@H](O)CCC3(C(=O)O)CCN(CCNc4c(F)cc(F)cc4F)CC3)c2c1. The molecule has 3 aromatic rings. The number of likely N-dealkylation sites (tertiary alicyclic amines) is 1. The lowest BCUT2D eigenvalue weighted by Crippen LogP contribution is -2.45. The van der Waals surface area contributed by atoms with Crippen LogP contribution in [0.1, 0.15) is 42.9 Å². The highest BCUT2D eigenvalue weighted by molar-refractivity contribution is 5.85. The molecule has 2 aliphatic heterocycles. The van der Waals surface area contributed by atoms with Gasteiger partial charge in [-0.3, -0.25) is 14.7 Å². The summed E-state index contributed by atoms with van der Waals surface area (Å²) in [4.78, 5) is 21.5. The number of anilines is 1. The highest BCUT2D eigenvalue weighted by atomic mass is 19.1. The third-order valence-corrected chi connectivity index (χ3v) is 8.93. The van der Waals surface area contributed by atoms with Crippen LogP contribution in [0.4, 0.5) is 18.9 Å². The number of hydrogen-bond acceptors (Lipinski definition) is 8. The van der Waals surface area contributed by atoms with Gasteiger partial charge in [0.15, 0.2) is 11.6 Å². The van der Waals surface area contributed by atoms with Crippen LogP contribution in [-0.4, -0.2) is 90.6 Å². The highest BCUT2D eigenvalue weighted by Gasteiger charge is 2.41. The van der Waals surface area contributed by atoms with Crippen molar-refractivity contribution >= 4 is 22.6 Å². The lowest BCUT2D eigenvalue weighted by atomic mass is 9.73. The molecule has 0 bridgehead atoms. The second-order valence-electron chi connectivity index (χ2n) is 11.6. The lowest BCUT2D eigenvalue weighted by Gasteiger charge is -2.39. The summed E-state index contributed by atoms with van der Waals surface area (Å²) in [6.07, 6.45) is 2.17. The number of morpholine rings is 1. The Labute approximate surface area is 254 Å². The second kappa shape index (κ2) is 14.1. The number of carbonyl (C=O) groups is 1. The molecule has 44 heavy (non-hydrogen) atoms. The number of benzene rings is 2. The van der Waals surface area contributed by atoms with Gasteiger partial charge in [-0.15, -0.1) is 0 Å². The fourth-order valence-electron chi connectivity index (χ4n) is 6.26. The number of aliphatic hydroxyl groups excluding tert-OH is 1. The molecule has 3 heterocycles. The molecule has 2 aliphatic rings. The minimum Gasteiger partial charge on any atom is -0.497 e. The van der Waals surface area contributed by atoms with Gasteiger partial charge in [-0.2, -0.15) is 0 Å². The van der Waals surface area contributed by atoms with E-state index in [0.29, 0.717) is 70.1 Å². The Morgan fingerprint density at radius 3 is 2.45 bits per heavy atom. The smallest absolute Gasteiger partial charge is 0.309 e. The van der Waals surface area contributed by atoms with Gasteiger partial charge in [-0.1, -0.05) is 0 Å². The Morgan fingerprint density at radius 2 is 1.80 bits per heavy atom. The number of aliphatic carboxylic acids is 1. The van der Waals surface area contributed by atoms with Crippen LogP contribution in [0.25, 0.3) is 10.9 Å². The minimum atomic E-state index is -1.01. The van der Waals surface area contributed by atoms with E-state index in [9.17, 15) is 28.2 Å². The Hall–Kier alpha value is -3.45. The summed E-state index contributed by atoms with van der Waals surface area (Å²) in [5.41, 5.74) is 0.961. The molecule has 0 aliphatic carbocycles. The molecular weight excluding hydrogens is 577 g/mol. The van der Waals surface area contributed by atoms with Crippen LogP contribution >= 0.6 is 0 Å². The summed E-state index contributed by atoms with van der Waals surface area (Å²) < 4.78 is 52.0. The van der Waals surface area contributed by atoms with Crippen molar-refractivity contribution in [3.63, 3.8) is 0 Å². The Balaban J connectivity index is 1.25. The van der Waals surface area contributed by atoms with Gasteiger partial charge in [0.1, 0.15) is 17.3 Å². The van der Waals surface area contributed by atoms with E-state index in [1.807, 2.05) is 23.1 Å². The van der Waals surface area contributed by atoms with Crippen molar-refractivity contribution in [1.29, 1.82) is 0 Å². The molecule has 0 radical (unpaired) electrons. The fourth-order valence-corrected chi connectivity index (χ4v) is 6.26. The van der Waals surface area contributed by atoms with Crippen molar-refractivity contribution in [2.75, 3.05) is 64.9 Å². The maximum atomic E-state index is 13.9. The second-order valence-corrected chi connectivity index (χ2v) is 11.6. The number of nitrogens with zero attached hydrogens (tertiary/aromatic N) is 3. The summed E-state index contributed by atoms with van der Waals surface area (Å²) in [6, 6.07) is 6.79. The van der Waals surface area contributed by atoms with Crippen LogP contribution in [0.15, 0.2) is 36.5 Å². The van der Waals surface area contributed by atoms with Gasteiger partial charge in [0, 0.05) is 56.4 Å². The molecule has 2 aromatic carbocycles. The number of rotatable bonds is 12. The van der Waals surface area contributed by atoms with E-state index in [1.54, 1.807) is 13.3 Å². The van der Waals surface area contributed by atoms with Crippen molar-refractivity contribution in [3.05, 3.63) is 65.1 Å². The van der Waals surface area contributed by atoms with Gasteiger partial charge < -0.3 is 29.9 Å². The minimum absolute atomic E-state index is 0.211. The van der Waals surface area contributed by atoms with Crippen molar-refractivity contribution in [3.8, 4) is 5.75 Å². The number of halogens is 3. The average Bonchev–Trinajstić information content (AvgIpc) is 3.01. The van der Waals surface area contributed by atoms with E-state index < -0.39 is 34.9 Å². The van der Waals surface area contributed by atoms with Gasteiger partial charge in [0.2, 0.25) is 0 Å². The summed E-state index contributed by atoms with van der Waals surface area (Å²) in [5, 5.41) is 25.4. The molecule has 0 spiro atoms. The van der Waals surface area contributed by atoms with Crippen LogP contribution < -0.4 is 10.1 Å². The maximum absolute atomic E-state index is 13.9. The zero-order valence-electron chi connectivity index (χ0n) is 24.8. The van der Waals surface area contributed by atoms with E-state index in [-0.39, 0.29) is 25.1 Å². The molecule has 0 amide bonds. The monoisotopic (exact) mass is 616 g/mol. The summed E-state index contributed by atoms with van der Waals surface area (Å²) in [6.45, 7) is 5.02. The molecule has 12 heteroatoms. The summed E-state index contributed by atoms with van der Waals surface area (Å²) >= 11 is 0. The number of carboxylic acids is 1. The quantitative estimate of drug-likeness (QED) is 0.270. The number of hydrogen-bond donors (Lipinski definition) is 3. The predicted molar refractivity (Wildman–Crippen MR) is 159 cm³/mol. The summed E-state index contributed by atoms with van der Waals surface area (Å²) in [7, 11) is 1.58. The van der Waals surface area contributed by atoms with Gasteiger partial charge >= 0.3 is 5.97 Å². The first-order valence-corrected chi connectivity index (χ1v) is 15.0. The molecule has 5 rings (SSSR count). The zero-order chi connectivity index (χ0) is 31.3. The van der Waals surface area contributed by atoms with Crippen molar-refractivity contribution in [2.45, 2.75) is 38.3 Å². The van der Waals surface area contributed by atoms with Crippen LogP contribution in [0, 0.1) is 22.9 Å². The first-order chi connectivity index (χ1) is 21.2. The topological polar surface area (TPSA) is 107 Å². The molecule has 238 valence electrons. The van der Waals surface area contributed by atoms with Crippen molar-refractivity contribution in [2.24, 2.45) is 5.41 Å². The van der Waals surface area contributed by atoms with Crippen LogP contribution in [0.3, 0.4) is 0 Å². The average molecular weight is 617 g/mol. The number of aliphatic hydroxyl groups is 1. The Morgan fingerprint density at radius 1 is 1.09 bits per heavy atom. The van der Waals surface area contributed by atoms with E-state index in [0.717, 1.165) is 35.1 Å². The lowest BCUT2D eigenvalue weighted by molar-refractivity contribution is -0.153. The molecule has 0 saturated carbocycles. The molecule has 3 N–H and O–H groups in total. The largest absolute Gasteiger partial charge is 0.497 e. The highest BCUT2D eigenvalue weighted by Crippen LogP contribution is 2.40. The number of methoxy groups -OCH3 is 1. The zero-order valence-corrected chi connectivity index (χ0v) is 24.8. The van der Waals surface area contributed by atoms with E-state index >= 15 is 0 Å². The molecule has 1 atom stereocenters. The number of aromatic nitrogens is 1. The number of ether oxygens (including phenoxy) is 2. The third-order valence-electron chi connectivity index (χ3n) is 8.93. The van der Waals surface area contributed by atoms with Crippen molar-refractivity contribution < 1.29 is 37.7 Å². The molecule has 2 saturated heterocycles. The van der Waals surface area contributed by atoms with E-state index in [1.165, 1.54) is 0 Å².